The number of rotatable bonds is 6. The molecular formula is C23H29NO4S2. The van der Waals surface area contributed by atoms with E-state index in [0.717, 1.165) is 11.1 Å². The van der Waals surface area contributed by atoms with Crippen LogP contribution in [-0.2, 0) is 19.9 Å². The van der Waals surface area contributed by atoms with Crippen LogP contribution in [0.2, 0.25) is 0 Å². The summed E-state index contributed by atoms with van der Waals surface area (Å²) in [6, 6.07) is 13.1. The topological polar surface area (TPSA) is 71.5 Å². The molecule has 30 heavy (non-hydrogen) atoms. The highest BCUT2D eigenvalue weighted by atomic mass is 32.2. The van der Waals surface area contributed by atoms with Gasteiger partial charge in [-0.15, -0.1) is 0 Å². The van der Waals surface area contributed by atoms with E-state index in [1.54, 1.807) is 48.5 Å². The Balaban J connectivity index is 1.98. The van der Waals surface area contributed by atoms with E-state index in [-0.39, 0.29) is 22.1 Å². The molecule has 0 amide bonds. The summed E-state index contributed by atoms with van der Waals surface area (Å²) < 4.78 is 54.3. The number of hydrogen-bond acceptors (Lipinski definition) is 4. The highest BCUT2D eigenvalue weighted by Crippen LogP contribution is 2.32. The standard InChI is InChI=1S/C23H29NO4S2/c1-17(2)15-20-16-23(29(25,26)21-9-5-18(3)6-10-21)13-14-24(20)30(27,28)22-11-7-19(4)8-12-22/h5-14,17,20,23H,15-16H2,1-4H3/t20-,23+/m1/s1. The van der Waals surface area contributed by atoms with Gasteiger partial charge >= 0.3 is 0 Å². The van der Waals surface area contributed by atoms with E-state index in [4.69, 9.17) is 0 Å². The summed E-state index contributed by atoms with van der Waals surface area (Å²) in [4.78, 5) is 0.479. The molecule has 0 spiro atoms. The molecule has 0 aromatic heterocycles. The fourth-order valence-electron chi connectivity index (χ4n) is 3.74. The molecule has 0 radical (unpaired) electrons. The first-order valence-corrected chi connectivity index (χ1v) is 13.1. The molecule has 3 rings (SSSR count). The fraction of sp³-hybridized carbons (Fsp3) is 0.391. The first-order valence-electron chi connectivity index (χ1n) is 10.1. The van der Waals surface area contributed by atoms with Crippen molar-refractivity contribution in [3.63, 3.8) is 0 Å². The maximum Gasteiger partial charge on any atom is 0.264 e. The molecule has 1 aliphatic heterocycles. The van der Waals surface area contributed by atoms with Crippen LogP contribution in [0.1, 0.15) is 37.8 Å². The van der Waals surface area contributed by atoms with Gasteiger partial charge in [-0.05, 0) is 62.9 Å². The first-order chi connectivity index (χ1) is 14.0. The molecule has 2 aromatic carbocycles. The largest absolute Gasteiger partial charge is 0.271 e. The van der Waals surface area contributed by atoms with Crippen molar-refractivity contribution in [2.24, 2.45) is 5.92 Å². The van der Waals surface area contributed by atoms with Crippen molar-refractivity contribution >= 4 is 19.9 Å². The van der Waals surface area contributed by atoms with Crippen LogP contribution in [0.3, 0.4) is 0 Å². The van der Waals surface area contributed by atoms with Gasteiger partial charge in [0.05, 0.1) is 15.0 Å². The van der Waals surface area contributed by atoms with Gasteiger partial charge in [0.15, 0.2) is 9.84 Å². The van der Waals surface area contributed by atoms with Crippen molar-refractivity contribution in [3.05, 3.63) is 71.9 Å². The van der Waals surface area contributed by atoms with Crippen LogP contribution in [-0.4, -0.2) is 32.4 Å². The van der Waals surface area contributed by atoms with E-state index in [0.29, 0.717) is 6.42 Å². The lowest BCUT2D eigenvalue weighted by Crippen LogP contribution is -2.43. The quantitative estimate of drug-likeness (QED) is 0.655. The summed E-state index contributed by atoms with van der Waals surface area (Å²) in [7, 11) is -7.36. The monoisotopic (exact) mass is 447 g/mol. The maximum absolute atomic E-state index is 13.3. The molecule has 1 heterocycles. The SMILES string of the molecule is Cc1ccc(S(=O)(=O)[C@H]2C=CN(S(=O)(=O)c3ccc(C)cc3)[C@H](CC(C)C)C2)cc1. The van der Waals surface area contributed by atoms with Gasteiger partial charge in [-0.2, -0.15) is 0 Å². The highest BCUT2D eigenvalue weighted by molar-refractivity contribution is 7.92. The second-order valence-corrected chi connectivity index (χ2v) is 12.4. The van der Waals surface area contributed by atoms with Crippen molar-refractivity contribution in [2.45, 2.75) is 61.6 Å². The second-order valence-electron chi connectivity index (χ2n) is 8.41. The lowest BCUT2D eigenvalue weighted by molar-refractivity contribution is 0.313. The van der Waals surface area contributed by atoms with Gasteiger partial charge in [0.25, 0.3) is 10.0 Å². The highest BCUT2D eigenvalue weighted by Gasteiger charge is 2.38. The van der Waals surface area contributed by atoms with Crippen LogP contribution < -0.4 is 0 Å². The third kappa shape index (κ3) is 4.62. The Morgan fingerprint density at radius 2 is 1.37 bits per heavy atom. The number of nitrogens with zero attached hydrogens (tertiary/aromatic N) is 1. The molecule has 162 valence electrons. The number of hydrogen-bond donors (Lipinski definition) is 0. The van der Waals surface area contributed by atoms with E-state index in [1.165, 1.54) is 16.6 Å². The summed E-state index contributed by atoms with van der Waals surface area (Å²) in [5.74, 6) is 0.222. The summed E-state index contributed by atoms with van der Waals surface area (Å²) in [6.45, 7) is 7.83. The molecule has 1 aliphatic rings. The molecule has 0 fully saturated rings. The van der Waals surface area contributed by atoms with Gasteiger partial charge in [-0.1, -0.05) is 49.2 Å². The predicted molar refractivity (Wildman–Crippen MR) is 119 cm³/mol. The van der Waals surface area contributed by atoms with Crippen molar-refractivity contribution in [1.29, 1.82) is 0 Å². The van der Waals surface area contributed by atoms with E-state index in [9.17, 15) is 16.8 Å². The molecule has 0 saturated heterocycles. The zero-order valence-electron chi connectivity index (χ0n) is 17.8. The molecule has 0 saturated carbocycles. The van der Waals surface area contributed by atoms with Gasteiger partial charge in [-0.25, -0.2) is 16.8 Å². The minimum Gasteiger partial charge on any atom is -0.271 e. The molecule has 0 N–H and O–H groups in total. The average molecular weight is 448 g/mol. The lowest BCUT2D eigenvalue weighted by atomic mass is 9.98. The van der Waals surface area contributed by atoms with Crippen molar-refractivity contribution in [3.8, 4) is 0 Å². The molecule has 0 bridgehead atoms. The minimum absolute atomic E-state index is 0.214. The normalized spacial score (nSPS) is 20.0. The molecule has 2 atom stereocenters. The van der Waals surface area contributed by atoms with Crippen LogP contribution >= 0.6 is 0 Å². The number of benzene rings is 2. The zero-order chi connectivity index (χ0) is 22.1. The Kier molecular flexibility index (Phi) is 6.43. The van der Waals surface area contributed by atoms with E-state index >= 15 is 0 Å². The van der Waals surface area contributed by atoms with Crippen LogP contribution in [0, 0.1) is 19.8 Å². The van der Waals surface area contributed by atoms with Crippen LogP contribution in [0.4, 0.5) is 0 Å². The molecule has 0 unspecified atom stereocenters. The fourth-order valence-corrected chi connectivity index (χ4v) is 6.87. The number of sulfone groups is 1. The maximum atomic E-state index is 13.3. The van der Waals surface area contributed by atoms with Crippen LogP contribution in [0.5, 0.6) is 0 Å². The van der Waals surface area contributed by atoms with Crippen LogP contribution in [0.25, 0.3) is 0 Å². The molecular weight excluding hydrogens is 418 g/mol. The Morgan fingerprint density at radius 3 is 1.87 bits per heavy atom. The smallest absolute Gasteiger partial charge is 0.264 e. The summed E-state index contributed by atoms with van der Waals surface area (Å²) >= 11 is 0. The van der Waals surface area contributed by atoms with Crippen molar-refractivity contribution in [2.75, 3.05) is 0 Å². The Labute approximate surface area is 180 Å². The molecule has 7 heteroatoms. The summed E-state index contributed by atoms with van der Waals surface area (Å²) in [5.41, 5.74) is 1.97. The molecule has 2 aromatic rings. The summed E-state index contributed by atoms with van der Waals surface area (Å²) in [6.07, 6.45) is 3.77. The van der Waals surface area contributed by atoms with E-state index in [2.05, 4.69) is 0 Å². The van der Waals surface area contributed by atoms with E-state index in [1.807, 2.05) is 27.7 Å². The second kappa shape index (κ2) is 8.55. The van der Waals surface area contributed by atoms with E-state index < -0.39 is 31.2 Å². The van der Waals surface area contributed by atoms with Gasteiger partial charge < -0.3 is 0 Å². The van der Waals surface area contributed by atoms with Crippen LogP contribution in [0.15, 0.2) is 70.6 Å². The number of aryl methyl sites for hydroxylation is 2. The summed E-state index contributed by atoms with van der Waals surface area (Å²) in [5, 5.41) is -0.756. The van der Waals surface area contributed by atoms with Gasteiger partial charge in [-0.3, -0.25) is 4.31 Å². The Bertz CT molecular complexity index is 1120. The van der Waals surface area contributed by atoms with Crippen molar-refractivity contribution < 1.29 is 16.8 Å². The molecule has 0 aliphatic carbocycles. The Hall–Kier alpha value is -2.12. The van der Waals surface area contributed by atoms with Gasteiger partial charge in [0.2, 0.25) is 0 Å². The van der Waals surface area contributed by atoms with Gasteiger partial charge in [0, 0.05) is 12.2 Å². The van der Waals surface area contributed by atoms with Crippen molar-refractivity contribution in [1.82, 2.24) is 4.31 Å². The number of sulfonamides is 1. The minimum atomic E-state index is -3.76. The Morgan fingerprint density at radius 1 is 0.867 bits per heavy atom. The first kappa shape index (κ1) is 22.6. The van der Waals surface area contributed by atoms with Gasteiger partial charge in [0.1, 0.15) is 0 Å². The third-order valence-corrected chi connectivity index (χ3v) is 9.32. The average Bonchev–Trinajstić information content (AvgIpc) is 2.68. The zero-order valence-corrected chi connectivity index (χ0v) is 19.4. The molecule has 5 nitrogen and oxygen atoms in total. The predicted octanol–water partition coefficient (Wildman–Crippen LogP) is 4.47. The third-order valence-electron chi connectivity index (χ3n) is 5.40. The lowest BCUT2D eigenvalue weighted by Gasteiger charge is -2.36.